The summed E-state index contributed by atoms with van der Waals surface area (Å²) in [6.45, 7) is 5.27. The van der Waals surface area contributed by atoms with Crippen LogP contribution in [-0.4, -0.2) is 29.5 Å². The van der Waals surface area contributed by atoms with Crippen LogP contribution in [0.15, 0.2) is 0 Å². The number of ether oxygens (including phenoxy) is 1. The highest BCUT2D eigenvalue weighted by Crippen LogP contribution is 2.30. The monoisotopic (exact) mass is 356 g/mol. The van der Waals surface area contributed by atoms with Crippen molar-refractivity contribution >= 4 is 28.5 Å². The maximum atomic E-state index is 11.8. The topological polar surface area (TPSA) is 106 Å². The van der Waals surface area contributed by atoms with Gasteiger partial charge in [-0.15, -0.1) is 0 Å². The highest BCUT2D eigenvalue weighted by Gasteiger charge is 2.21. The van der Waals surface area contributed by atoms with E-state index in [0.717, 1.165) is 37.2 Å². The molecule has 0 saturated heterocycles. The van der Waals surface area contributed by atoms with E-state index >= 15 is 0 Å². The van der Waals surface area contributed by atoms with Gasteiger partial charge in [0.1, 0.15) is 10.6 Å². The standard InChI is InChI=1S/C16H28N4O3S/c1-3-5-7-8-9-11-23-14-12(13(17)21)15(24-20-14)19-16(22)18-10-6-4-2/h3-11H2,1-2H3,(H2,17,21)(H2,18,19,22). The van der Waals surface area contributed by atoms with Gasteiger partial charge < -0.3 is 15.8 Å². The molecular formula is C16H28N4O3S. The van der Waals surface area contributed by atoms with Crippen LogP contribution in [0.5, 0.6) is 5.88 Å². The Bertz CT molecular complexity index is 519. The van der Waals surface area contributed by atoms with Crippen LogP contribution in [0.25, 0.3) is 0 Å². The van der Waals surface area contributed by atoms with E-state index in [1.165, 1.54) is 19.3 Å². The molecule has 0 aliphatic heterocycles. The number of unbranched alkanes of at least 4 members (excludes halogenated alkanes) is 5. The molecule has 136 valence electrons. The van der Waals surface area contributed by atoms with Crippen LogP contribution in [0.2, 0.25) is 0 Å². The van der Waals surface area contributed by atoms with E-state index < -0.39 is 5.91 Å². The van der Waals surface area contributed by atoms with Crippen molar-refractivity contribution < 1.29 is 14.3 Å². The molecule has 0 bridgehead atoms. The Morgan fingerprint density at radius 2 is 1.83 bits per heavy atom. The van der Waals surface area contributed by atoms with Gasteiger partial charge in [0.15, 0.2) is 0 Å². The lowest BCUT2D eigenvalue weighted by Crippen LogP contribution is -2.30. The first-order valence-corrected chi connectivity index (χ1v) is 9.34. The predicted molar refractivity (Wildman–Crippen MR) is 96.8 cm³/mol. The Hall–Kier alpha value is -1.83. The summed E-state index contributed by atoms with van der Waals surface area (Å²) in [4.78, 5) is 23.5. The quantitative estimate of drug-likeness (QED) is 0.498. The number of nitrogens with zero attached hydrogens (tertiary/aromatic N) is 1. The van der Waals surface area contributed by atoms with E-state index in [2.05, 4.69) is 21.9 Å². The second kappa shape index (κ2) is 11.7. The Morgan fingerprint density at radius 3 is 2.50 bits per heavy atom. The van der Waals surface area contributed by atoms with E-state index in [0.29, 0.717) is 18.2 Å². The zero-order chi connectivity index (χ0) is 17.8. The molecule has 1 aromatic rings. The maximum Gasteiger partial charge on any atom is 0.319 e. The van der Waals surface area contributed by atoms with Crippen molar-refractivity contribution in [3.8, 4) is 5.88 Å². The van der Waals surface area contributed by atoms with Crippen molar-refractivity contribution in [2.75, 3.05) is 18.5 Å². The lowest BCUT2D eigenvalue weighted by molar-refractivity contribution is 0.0997. The molecule has 4 N–H and O–H groups in total. The molecule has 1 rings (SSSR count). The molecule has 0 aliphatic rings. The fourth-order valence-electron chi connectivity index (χ4n) is 2.08. The Kier molecular flexibility index (Phi) is 9.83. The first-order chi connectivity index (χ1) is 11.6. The molecule has 3 amide bonds. The van der Waals surface area contributed by atoms with Crippen LogP contribution in [0, 0.1) is 0 Å². The molecule has 7 nitrogen and oxygen atoms in total. The lowest BCUT2D eigenvalue weighted by atomic mass is 10.2. The highest BCUT2D eigenvalue weighted by atomic mass is 32.1. The normalized spacial score (nSPS) is 10.4. The molecule has 24 heavy (non-hydrogen) atoms. The number of nitrogens with one attached hydrogen (secondary N) is 2. The fourth-order valence-corrected chi connectivity index (χ4v) is 2.81. The number of hydrogen-bond acceptors (Lipinski definition) is 5. The largest absolute Gasteiger partial charge is 0.476 e. The van der Waals surface area contributed by atoms with Gasteiger partial charge in [-0.3, -0.25) is 10.1 Å². The first kappa shape index (κ1) is 20.2. The number of aromatic nitrogens is 1. The van der Waals surface area contributed by atoms with Crippen LogP contribution < -0.4 is 21.1 Å². The predicted octanol–water partition coefficient (Wildman–Crippen LogP) is 3.51. The minimum atomic E-state index is -0.659. The summed E-state index contributed by atoms with van der Waals surface area (Å²) in [6, 6.07) is -0.374. The Balaban J connectivity index is 2.54. The van der Waals surface area contributed by atoms with Crippen molar-refractivity contribution in [1.29, 1.82) is 0 Å². The summed E-state index contributed by atoms with van der Waals surface area (Å²) in [7, 11) is 0. The zero-order valence-electron chi connectivity index (χ0n) is 14.5. The second-order valence-electron chi connectivity index (χ2n) is 5.55. The summed E-state index contributed by atoms with van der Waals surface area (Å²) in [5, 5.41) is 5.65. The van der Waals surface area contributed by atoms with Crippen LogP contribution in [0.1, 0.15) is 69.2 Å². The average molecular weight is 356 g/mol. The minimum absolute atomic E-state index is 0.138. The number of amides is 3. The second-order valence-corrected chi connectivity index (χ2v) is 6.33. The Morgan fingerprint density at radius 1 is 1.12 bits per heavy atom. The van der Waals surface area contributed by atoms with Crippen molar-refractivity contribution in [3.05, 3.63) is 5.56 Å². The smallest absolute Gasteiger partial charge is 0.319 e. The third kappa shape index (κ3) is 7.16. The van der Waals surface area contributed by atoms with E-state index in [1.807, 2.05) is 6.92 Å². The van der Waals surface area contributed by atoms with Crippen LogP contribution in [-0.2, 0) is 0 Å². The van der Waals surface area contributed by atoms with Gasteiger partial charge in [-0.05, 0) is 24.4 Å². The minimum Gasteiger partial charge on any atom is -0.476 e. The summed E-state index contributed by atoms with van der Waals surface area (Å²) in [6.07, 6.45) is 7.43. The first-order valence-electron chi connectivity index (χ1n) is 8.57. The summed E-state index contributed by atoms with van der Waals surface area (Å²) in [5.74, 6) is -0.458. The van der Waals surface area contributed by atoms with Crippen LogP contribution in [0.3, 0.4) is 0 Å². The van der Waals surface area contributed by atoms with Crippen LogP contribution in [0.4, 0.5) is 9.80 Å². The number of rotatable bonds is 12. The molecule has 1 heterocycles. The average Bonchev–Trinajstić information content (AvgIpc) is 2.93. The number of urea groups is 1. The summed E-state index contributed by atoms with van der Waals surface area (Å²) in [5.41, 5.74) is 5.54. The number of primary amides is 1. The molecule has 0 fully saturated rings. The molecular weight excluding hydrogens is 328 g/mol. The van der Waals surface area contributed by atoms with Crippen molar-refractivity contribution in [2.24, 2.45) is 5.73 Å². The summed E-state index contributed by atoms with van der Waals surface area (Å²) < 4.78 is 9.66. The van der Waals surface area contributed by atoms with Gasteiger partial charge >= 0.3 is 6.03 Å². The van der Waals surface area contributed by atoms with Crippen molar-refractivity contribution in [1.82, 2.24) is 9.69 Å². The lowest BCUT2D eigenvalue weighted by Gasteiger charge is -2.07. The molecule has 0 aliphatic carbocycles. The van der Waals surface area contributed by atoms with Gasteiger partial charge in [-0.2, -0.15) is 4.37 Å². The van der Waals surface area contributed by atoms with Crippen molar-refractivity contribution in [2.45, 2.75) is 58.8 Å². The molecule has 0 aromatic carbocycles. The number of hydrogen-bond donors (Lipinski definition) is 3. The van der Waals surface area contributed by atoms with Crippen molar-refractivity contribution in [3.63, 3.8) is 0 Å². The number of carbonyl (C=O) groups excluding carboxylic acids is 2. The number of nitrogens with two attached hydrogens (primary N) is 1. The number of carbonyl (C=O) groups is 2. The van der Waals surface area contributed by atoms with E-state index in [-0.39, 0.29) is 17.5 Å². The SMILES string of the molecule is CCCCCCCOc1nsc(NC(=O)NCCCC)c1C(N)=O. The van der Waals surface area contributed by atoms with E-state index in [1.54, 1.807) is 0 Å². The van der Waals surface area contributed by atoms with Gasteiger partial charge in [-0.25, -0.2) is 4.79 Å². The molecule has 0 radical (unpaired) electrons. The maximum absolute atomic E-state index is 11.8. The molecule has 1 aromatic heterocycles. The van der Waals surface area contributed by atoms with E-state index in [4.69, 9.17) is 10.5 Å². The van der Waals surface area contributed by atoms with Crippen LogP contribution >= 0.6 is 11.5 Å². The highest BCUT2D eigenvalue weighted by molar-refractivity contribution is 7.11. The van der Waals surface area contributed by atoms with Gasteiger partial charge in [0.2, 0.25) is 5.88 Å². The van der Waals surface area contributed by atoms with E-state index in [9.17, 15) is 9.59 Å². The molecule has 8 heteroatoms. The molecule has 0 saturated carbocycles. The molecule has 0 atom stereocenters. The summed E-state index contributed by atoms with van der Waals surface area (Å²) >= 11 is 0.996. The Labute approximate surface area is 147 Å². The third-order valence-electron chi connectivity index (χ3n) is 3.44. The van der Waals surface area contributed by atoms with Gasteiger partial charge in [-0.1, -0.05) is 46.0 Å². The van der Waals surface area contributed by atoms with Gasteiger partial charge in [0.25, 0.3) is 5.91 Å². The molecule has 0 unspecified atom stereocenters. The molecule has 0 spiro atoms. The zero-order valence-corrected chi connectivity index (χ0v) is 15.3. The van der Waals surface area contributed by atoms with Gasteiger partial charge in [0, 0.05) is 6.54 Å². The number of anilines is 1. The third-order valence-corrected chi connectivity index (χ3v) is 4.18. The fraction of sp³-hybridized carbons (Fsp3) is 0.688. The van der Waals surface area contributed by atoms with Gasteiger partial charge in [0.05, 0.1) is 6.61 Å².